The third-order valence-electron chi connectivity index (χ3n) is 2.28. The summed E-state index contributed by atoms with van der Waals surface area (Å²) in [5, 5.41) is 0. The molecule has 0 aliphatic heterocycles. The lowest BCUT2D eigenvalue weighted by molar-refractivity contribution is 0.213. The zero-order valence-corrected chi connectivity index (χ0v) is 11.8. The van der Waals surface area contributed by atoms with Gasteiger partial charge < -0.3 is 8.85 Å². The zero-order chi connectivity index (χ0) is 11.8. The van der Waals surface area contributed by atoms with Crippen LogP contribution in [-0.4, -0.2) is 22.5 Å². The molecule has 0 saturated heterocycles. The van der Waals surface area contributed by atoms with Crippen molar-refractivity contribution in [3.63, 3.8) is 0 Å². The van der Waals surface area contributed by atoms with Crippen molar-refractivity contribution in [2.75, 3.05) is 13.2 Å². The van der Waals surface area contributed by atoms with Crippen LogP contribution in [0, 0.1) is 0 Å². The van der Waals surface area contributed by atoms with Gasteiger partial charge in [-0.1, -0.05) is 24.3 Å². The van der Waals surface area contributed by atoms with Gasteiger partial charge in [0.1, 0.15) is 0 Å². The van der Waals surface area contributed by atoms with Crippen molar-refractivity contribution in [2.45, 2.75) is 25.8 Å². The normalized spacial score (nSPS) is 11.0. The predicted octanol–water partition coefficient (Wildman–Crippen LogP) is 2.80. The summed E-state index contributed by atoms with van der Waals surface area (Å²) < 4.78 is 11.3. The molecule has 0 spiro atoms. The van der Waals surface area contributed by atoms with E-state index in [1.165, 1.54) is 5.56 Å². The van der Waals surface area contributed by atoms with Crippen LogP contribution in [0.4, 0.5) is 0 Å². The van der Waals surface area contributed by atoms with Crippen LogP contribution in [-0.2, 0) is 20.8 Å². The highest BCUT2D eigenvalue weighted by atomic mass is 35.5. The molecule has 4 heteroatoms. The van der Waals surface area contributed by atoms with Crippen molar-refractivity contribution in [2.24, 2.45) is 0 Å². The lowest BCUT2D eigenvalue weighted by atomic mass is 10.2. The first-order chi connectivity index (χ1) is 7.80. The molecule has 0 N–H and O–H groups in total. The molecule has 0 saturated carbocycles. The second-order valence-electron chi connectivity index (χ2n) is 3.49. The summed E-state index contributed by atoms with van der Waals surface area (Å²) in [6.45, 7) is 5.48. The van der Waals surface area contributed by atoms with Crippen molar-refractivity contribution in [1.82, 2.24) is 0 Å². The SMILES string of the molecule is CCO[SiH](Cc1ccc(CCl)cc1)OCC. The minimum atomic E-state index is -1.52. The van der Waals surface area contributed by atoms with Gasteiger partial charge in [0, 0.05) is 25.1 Å². The van der Waals surface area contributed by atoms with E-state index in [4.69, 9.17) is 20.5 Å². The van der Waals surface area contributed by atoms with E-state index in [9.17, 15) is 0 Å². The fourth-order valence-electron chi connectivity index (χ4n) is 1.49. The Morgan fingerprint density at radius 1 is 1.00 bits per heavy atom. The Morgan fingerprint density at radius 3 is 1.94 bits per heavy atom. The summed E-state index contributed by atoms with van der Waals surface area (Å²) in [6.07, 6.45) is 0. The maximum Gasteiger partial charge on any atom is 0.325 e. The minimum Gasteiger partial charge on any atom is -0.397 e. The quantitative estimate of drug-likeness (QED) is 0.553. The molecule has 0 heterocycles. The molecule has 0 amide bonds. The van der Waals surface area contributed by atoms with Crippen molar-refractivity contribution < 1.29 is 8.85 Å². The first kappa shape index (κ1) is 13.7. The predicted molar refractivity (Wildman–Crippen MR) is 70.1 cm³/mol. The van der Waals surface area contributed by atoms with Crippen LogP contribution in [0.1, 0.15) is 25.0 Å². The van der Waals surface area contributed by atoms with Gasteiger partial charge in [-0.15, -0.1) is 11.6 Å². The highest BCUT2D eigenvalue weighted by Gasteiger charge is 2.12. The van der Waals surface area contributed by atoms with E-state index >= 15 is 0 Å². The Kier molecular flexibility index (Phi) is 6.72. The molecule has 16 heavy (non-hydrogen) atoms. The summed E-state index contributed by atoms with van der Waals surface area (Å²) in [4.78, 5) is 0. The van der Waals surface area contributed by atoms with Gasteiger partial charge >= 0.3 is 9.28 Å². The molecule has 1 aromatic carbocycles. The Morgan fingerprint density at radius 2 is 1.50 bits per heavy atom. The highest BCUT2D eigenvalue weighted by molar-refractivity contribution is 6.43. The van der Waals surface area contributed by atoms with Crippen molar-refractivity contribution in [1.29, 1.82) is 0 Å². The standard InChI is InChI=1S/C12H19ClO2Si/c1-3-14-16(15-4-2)10-12-7-5-11(9-13)6-8-12/h5-8,16H,3-4,9-10H2,1-2H3. The summed E-state index contributed by atoms with van der Waals surface area (Å²) >= 11 is 5.74. The van der Waals surface area contributed by atoms with Crippen LogP contribution >= 0.6 is 11.6 Å². The van der Waals surface area contributed by atoms with Crippen LogP contribution in [0.15, 0.2) is 24.3 Å². The van der Waals surface area contributed by atoms with Gasteiger partial charge in [-0.05, 0) is 25.0 Å². The molecule has 0 bridgehead atoms. The number of hydrogen-bond acceptors (Lipinski definition) is 2. The molecule has 0 radical (unpaired) electrons. The summed E-state index contributed by atoms with van der Waals surface area (Å²) in [5.74, 6) is 0.568. The Bertz CT molecular complexity index is 284. The van der Waals surface area contributed by atoms with E-state index < -0.39 is 9.28 Å². The number of benzene rings is 1. The van der Waals surface area contributed by atoms with Crippen LogP contribution in [0.25, 0.3) is 0 Å². The van der Waals surface area contributed by atoms with E-state index in [1.54, 1.807) is 0 Å². The Balaban J connectivity index is 2.54. The smallest absolute Gasteiger partial charge is 0.325 e. The zero-order valence-electron chi connectivity index (χ0n) is 9.91. The number of alkyl halides is 1. The van der Waals surface area contributed by atoms with Gasteiger partial charge in [0.05, 0.1) is 0 Å². The second kappa shape index (κ2) is 7.85. The van der Waals surface area contributed by atoms with Crippen molar-refractivity contribution in [3.8, 4) is 0 Å². The lowest BCUT2D eigenvalue weighted by Crippen LogP contribution is -2.26. The van der Waals surface area contributed by atoms with Crippen molar-refractivity contribution >= 4 is 20.9 Å². The first-order valence-corrected chi connectivity index (χ1v) is 7.96. The van der Waals surface area contributed by atoms with Gasteiger partial charge in [0.2, 0.25) is 0 Å². The fourth-order valence-corrected chi connectivity index (χ4v) is 3.41. The first-order valence-electron chi connectivity index (χ1n) is 5.67. The molecule has 0 fully saturated rings. The van der Waals surface area contributed by atoms with Gasteiger partial charge in [-0.3, -0.25) is 0 Å². The van der Waals surface area contributed by atoms with Gasteiger partial charge in [-0.25, -0.2) is 0 Å². The van der Waals surface area contributed by atoms with E-state index in [-0.39, 0.29) is 0 Å². The minimum absolute atomic E-state index is 0.568. The van der Waals surface area contributed by atoms with Gasteiger partial charge in [-0.2, -0.15) is 0 Å². The summed E-state index contributed by atoms with van der Waals surface area (Å²) in [7, 11) is -1.52. The van der Waals surface area contributed by atoms with Crippen LogP contribution in [0.3, 0.4) is 0 Å². The third kappa shape index (κ3) is 4.66. The fraction of sp³-hybridized carbons (Fsp3) is 0.500. The van der Waals surface area contributed by atoms with Crippen molar-refractivity contribution in [3.05, 3.63) is 35.4 Å². The highest BCUT2D eigenvalue weighted by Crippen LogP contribution is 2.09. The molecule has 1 aromatic rings. The van der Waals surface area contributed by atoms with Crippen LogP contribution in [0.5, 0.6) is 0 Å². The average molecular weight is 259 g/mol. The van der Waals surface area contributed by atoms with Crippen LogP contribution < -0.4 is 0 Å². The molecule has 0 aromatic heterocycles. The number of rotatable bonds is 7. The monoisotopic (exact) mass is 258 g/mol. The average Bonchev–Trinajstić information content (AvgIpc) is 2.31. The molecule has 2 nitrogen and oxygen atoms in total. The topological polar surface area (TPSA) is 18.5 Å². The molecule has 0 unspecified atom stereocenters. The van der Waals surface area contributed by atoms with E-state index in [2.05, 4.69) is 24.3 Å². The second-order valence-corrected chi connectivity index (χ2v) is 5.70. The summed E-state index contributed by atoms with van der Waals surface area (Å²) in [5.41, 5.74) is 2.42. The molecule has 0 aliphatic rings. The molecular formula is C12H19ClO2Si. The molecular weight excluding hydrogens is 240 g/mol. The molecule has 90 valence electrons. The maximum atomic E-state index is 5.74. The van der Waals surface area contributed by atoms with Crippen LogP contribution in [0.2, 0.25) is 0 Å². The Labute approximate surface area is 104 Å². The lowest BCUT2D eigenvalue weighted by Gasteiger charge is -2.14. The molecule has 1 rings (SSSR count). The molecule has 0 aliphatic carbocycles. The van der Waals surface area contributed by atoms with Gasteiger partial charge in [0.25, 0.3) is 0 Å². The van der Waals surface area contributed by atoms with Gasteiger partial charge in [0.15, 0.2) is 0 Å². The number of halogens is 1. The third-order valence-corrected chi connectivity index (χ3v) is 4.81. The van der Waals surface area contributed by atoms with E-state index in [0.717, 1.165) is 24.8 Å². The van der Waals surface area contributed by atoms with E-state index in [1.807, 2.05) is 13.8 Å². The number of hydrogen-bond donors (Lipinski definition) is 0. The maximum absolute atomic E-state index is 5.74. The van der Waals surface area contributed by atoms with E-state index in [0.29, 0.717) is 5.88 Å². The largest absolute Gasteiger partial charge is 0.397 e. The Hall–Kier alpha value is -0.353. The molecule has 0 atom stereocenters. The summed E-state index contributed by atoms with van der Waals surface area (Å²) in [6, 6.07) is 9.26.